The predicted molar refractivity (Wildman–Crippen MR) is 107 cm³/mol. The first-order valence-corrected chi connectivity index (χ1v) is 8.89. The van der Waals surface area contributed by atoms with E-state index in [1.807, 2.05) is 24.3 Å². The molecule has 0 aliphatic heterocycles. The van der Waals surface area contributed by atoms with Gasteiger partial charge in [-0.2, -0.15) is 0 Å². The van der Waals surface area contributed by atoms with Crippen LogP contribution in [0.2, 0.25) is 0 Å². The van der Waals surface area contributed by atoms with Crippen LogP contribution in [0, 0.1) is 0 Å². The van der Waals surface area contributed by atoms with E-state index in [9.17, 15) is 9.59 Å². The minimum absolute atomic E-state index is 0.263. The van der Waals surface area contributed by atoms with Crippen molar-refractivity contribution in [3.05, 3.63) is 77.9 Å². The summed E-state index contributed by atoms with van der Waals surface area (Å²) in [5.74, 6) is -0.651. The Balaban J connectivity index is 1.56. The Morgan fingerprint density at radius 3 is 2.11 bits per heavy atom. The molecule has 0 aliphatic carbocycles. The predicted octanol–water partition coefficient (Wildman–Crippen LogP) is 4.21. The molecule has 1 N–H and O–H groups in total. The van der Waals surface area contributed by atoms with Gasteiger partial charge in [-0.05, 0) is 61.5 Å². The molecule has 0 saturated heterocycles. The minimum atomic E-state index is -0.388. The van der Waals surface area contributed by atoms with Gasteiger partial charge in [-0.25, -0.2) is 14.8 Å². The summed E-state index contributed by atoms with van der Waals surface area (Å²) in [6.45, 7) is 2.07. The third-order valence-electron chi connectivity index (χ3n) is 4.26. The number of esters is 1. The number of anilines is 1. The number of hydrogen-bond donors (Lipinski definition) is 1. The van der Waals surface area contributed by atoms with Gasteiger partial charge in [0.25, 0.3) is 5.91 Å². The summed E-state index contributed by atoms with van der Waals surface area (Å²) in [6, 6.07) is 19.4. The summed E-state index contributed by atoms with van der Waals surface area (Å²) in [7, 11) is 0. The maximum atomic E-state index is 12.6. The molecule has 0 fully saturated rings. The Hall–Kier alpha value is -3.80. The fourth-order valence-electron chi connectivity index (χ4n) is 2.87. The molecule has 0 saturated carbocycles. The van der Waals surface area contributed by atoms with Crippen molar-refractivity contribution in [2.45, 2.75) is 6.92 Å². The van der Waals surface area contributed by atoms with E-state index >= 15 is 0 Å². The molecule has 4 aromatic rings. The lowest BCUT2D eigenvalue weighted by Crippen LogP contribution is -2.12. The minimum Gasteiger partial charge on any atom is -0.462 e. The maximum absolute atomic E-state index is 12.6. The van der Waals surface area contributed by atoms with Crippen molar-refractivity contribution in [2.24, 2.45) is 0 Å². The van der Waals surface area contributed by atoms with Crippen molar-refractivity contribution in [3.63, 3.8) is 0 Å². The first kappa shape index (κ1) is 17.6. The number of nitrogens with one attached hydrogen (secondary N) is 1. The molecule has 28 heavy (non-hydrogen) atoms. The molecule has 6 nitrogen and oxygen atoms in total. The number of carbonyl (C=O) groups excluding carboxylic acids is 2. The van der Waals surface area contributed by atoms with E-state index in [4.69, 9.17) is 4.74 Å². The second-order valence-corrected chi connectivity index (χ2v) is 6.17. The van der Waals surface area contributed by atoms with Gasteiger partial charge in [0, 0.05) is 11.3 Å². The summed E-state index contributed by atoms with van der Waals surface area (Å²) < 4.78 is 4.95. The molecule has 0 bridgehead atoms. The third-order valence-corrected chi connectivity index (χ3v) is 4.26. The van der Waals surface area contributed by atoms with E-state index in [1.165, 1.54) is 0 Å². The molecule has 0 aliphatic rings. The van der Waals surface area contributed by atoms with Crippen LogP contribution in [0.25, 0.3) is 22.1 Å². The zero-order valence-electron chi connectivity index (χ0n) is 15.2. The lowest BCUT2D eigenvalue weighted by molar-refractivity contribution is 0.0526. The van der Waals surface area contributed by atoms with Gasteiger partial charge in [-0.3, -0.25) is 4.79 Å². The van der Waals surface area contributed by atoms with Gasteiger partial charge < -0.3 is 10.1 Å². The summed E-state index contributed by atoms with van der Waals surface area (Å²) >= 11 is 0. The standard InChI is InChI=1S/C22H17N3O3/c1-2-28-22(27)14-7-10-16(11-8-14)23-21(26)15-9-12-19-20(13-15)25-18-6-4-3-5-17(18)24-19/h3-13H,2H2,1H3,(H,23,26). The molecular formula is C22H17N3O3. The summed E-state index contributed by atoms with van der Waals surface area (Å²) in [4.78, 5) is 33.4. The first-order valence-electron chi connectivity index (χ1n) is 8.89. The maximum Gasteiger partial charge on any atom is 0.338 e. The zero-order chi connectivity index (χ0) is 19.5. The van der Waals surface area contributed by atoms with Crippen LogP contribution in [0.1, 0.15) is 27.6 Å². The highest BCUT2D eigenvalue weighted by atomic mass is 16.5. The largest absolute Gasteiger partial charge is 0.462 e. The van der Waals surface area contributed by atoms with Crippen molar-refractivity contribution in [3.8, 4) is 0 Å². The molecule has 4 rings (SSSR count). The van der Waals surface area contributed by atoms with E-state index < -0.39 is 0 Å². The highest BCUT2D eigenvalue weighted by Gasteiger charge is 2.10. The van der Waals surface area contributed by atoms with E-state index in [1.54, 1.807) is 49.4 Å². The van der Waals surface area contributed by atoms with E-state index in [2.05, 4.69) is 15.3 Å². The lowest BCUT2D eigenvalue weighted by atomic mass is 10.1. The van der Waals surface area contributed by atoms with Crippen molar-refractivity contribution >= 4 is 39.6 Å². The van der Waals surface area contributed by atoms with Crippen molar-refractivity contribution < 1.29 is 14.3 Å². The molecule has 6 heteroatoms. The lowest BCUT2D eigenvalue weighted by Gasteiger charge is -2.07. The molecule has 0 atom stereocenters. The SMILES string of the molecule is CCOC(=O)c1ccc(NC(=O)c2ccc3nc4ccccc4nc3c2)cc1. The van der Waals surface area contributed by atoms with Gasteiger partial charge in [0.2, 0.25) is 0 Å². The molecule has 1 heterocycles. The molecule has 1 aromatic heterocycles. The van der Waals surface area contributed by atoms with Crippen molar-refractivity contribution in [1.82, 2.24) is 9.97 Å². The topological polar surface area (TPSA) is 81.2 Å². The average Bonchev–Trinajstić information content (AvgIpc) is 2.72. The number of nitrogens with zero attached hydrogens (tertiary/aromatic N) is 2. The van der Waals surface area contributed by atoms with Crippen LogP contribution in [0.4, 0.5) is 5.69 Å². The van der Waals surface area contributed by atoms with E-state index in [0.29, 0.717) is 28.9 Å². The van der Waals surface area contributed by atoms with Crippen LogP contribution in [0.3, 0.4) is 0 Å². The van der Waals surface area contributed by atoms with Crippen LogP contribution in [0.15, 0.2) is 66.7 Å². The molecule has 1 amide bonds. The Morgan fingerprint density at radius 1 is 0.821 bits per heavy atom. The fourth-order valence-corrected chi connectivity index (χ4v) is 2.87. The van der Waals surface area contributed by atoms with Gasteiger partial charge in [0.15, 0.2) is 0 Å². The van der Waals surface area contributed by atoms with Crippen molar-refractivity contribution in [2.75, 3.05) is 11.9 Å². The number of fused-ring (bicyclic) bond motifs is 2. The quantitative estimate of drug-likeness (QED) is 0.429. The van der Waals surface area contributed by atoms with Crippen LogP contribution >= 0.6 is 0 Å². The number of amides is 1. The smallest absolute Gasteiger partial charge is 0.338 e. The fraction of sp³-hybridized carbons (Fsp3) is 0.0909. The highest BCUT2D eigenvalue weighted by molar-refractivity contribution is 6.06. The zero-order valence-corrected chi connectivity index (χ0v) is 15.2. The number of benzene rings is 3. The number of hydrogen-bond acceptors (Lipinski definition) is 5. The molecule has 3 aromatic carbocycles. The number of para-hydroxylation sites is 2. The summed E-state index contributed by atoms with van der Waals surface area (Å²) in [5, 5.41) is 2.82. The van der Waals surface area contributed by atoms with Crippen LogP contribution < -0.4 is 5.32 Å². The van der Waals surface area contributed by atoms with Gasteiger partial charge in [0.1, 0.15) is 0 Å². The van der Waals surface area contributed by atoms with E-state index in [0.717, 1.165) is 16.6 Å². The Kier molecular flexibility index (Phi) is 4.68. The number of rotatable bonds is 4. The van der Waals surface area contributed by atoms with Crippen LogP contribution in [-0.2, 0) is 4.74 Å². The summed E-state index contributed by atoms with van der Waals surface area (Å²) in [5.41, 5.74) is 4.48. The van der Waals surface area contributed by atoms with Gasteiger partial charge in [-0.1, -0.05) is 12.1 Å². The molecule has 0 unspecified atom stereocenters. The van der Waals surface area contributed by atoms with Gasteiger partial charge >= 0.3 is 5.97 Å². The first-order chi connectivity index (χ1) is 13.6. The summed E-state index contributed by atoms with van der Waals surface area (Å²) in [6.07, 6.45) is 0. The highest BCUT2D eigenvalue weighted by Crippen LogP contribution is 2.18. The second-order valence-electron chi connectivity index (χ2n) is 6.17. The second kappa shape index (κ2) is 7.44. The monoisotopic (exact) mass is 371 g/mol. The Morgan fingerprint density at radius 2 is 1.43 bits per heavy atom. The van der Waals surface area contributed by atoms with Crippen LogP contribution in [0.5, 0.6) is 0 Å². The van der Waals surface area contributed by atoms with Crippen LogP contribution in [-0.4, -0.2) is 28.5 Å². The number of carbonyl (C=O) groups is 2. The molecule has 138 valence electrons. The normalized spacial score (nSPS) is 10.8. The molecular weight excluding hydrogens is 354 g/mol. The Labute approximate surface area is 161 Å². The average molecular weight is 371 g/mol. The molecule has 0 radical (unpaired) electrons. The third kappa shape index (κ3) is 3.53. The van der Waals surface area contributed by atoms with Gasteiger partial charge in [0.05, 0.1) is 34.2 Å². The number of ether oxygens (including phenoxy) is 1. The molecule has 0 spiro atoms. The van der Waals surface area contributed by atoms with E-state index in [-0.39, 0.29) is 11.9 Å². The Bertz CT molecular complexity index is 1190. The van der Waals surface area contributed by atoms with Gasteiger partial charge in [-0.15, -0.1) is 0 Å². The number of aromatic nitrogens is 2. The van der Waals surface area contributed by atoms with Crippen molar-refractivity contribution in [1.29, 1.82) is 0 Å².